The van der Waals surface area contributed by atoms with Crippen LogP contribution in [0, 0.1) is 0 Å². The highest BCUT2D eigenvalue weighted by Crippen LogP contribution is 2.15. The first-order valence-corrected chi connectivity index (χ1v) is 6.81. The smallest absolute Gasteiger partial charge is 0.0220 e. The molecule has 0 spiro atoms. The molecular formula is C15H17BrN2. The minimum atomic E-state index is 0.602. The maximum atomic E-state index is 5.57. The first-order chi connectivity index (χ1) is 8.79. The lowest BCUT2D eigenvalue weighted by atomic mass is 10.1. The zero-order valence-electron chi connectivity index (χ0n) is 10.2. The van der Waals surface area contributed by atoms with Gasteiger partial charge in [-0.05, 0) is 22.8 Å². The molecule has 2 rings (SSSR count). The summed E-state index contributed by atoms with van der Waals surface area (Å²) < 4.78 is 1.15. The molecule has 0 amide bonds. The number of hydrogen-bond acceptors (Lipinski definition) is 2. The van der Waals surface area contributed by atoms with Crippen molar-refractivity contribution >= 4 is 15.9 Å². The molecule has 3 heteroatoms. The van der Waals surface area contributed by atoms with Gasteiger partial charge in [0.05, 0.1) is 0 Å². The highest BCUT2D eigenvalue weighted by molar-refractivity contribution is 9.10. The molecule has 0 aliphatic rings. The quantitative estimate of drug-likeness (QED) is 0.890. The second-order valence-corrected chi connectivity index (χ2v) is 5.07. The molecule has 0 radical (unpaired) electrons. The van der Waals surface area contributed by atoms with Gasteiger partial charge in [0.2, 0.25) is 0 Å². The van der Waals surface area contributed by atoms with Gasteiger partial charge in [-0.2, -0.15) is 0 Å². The van der Waals surface area contributed by atoms with Crippen LogP contribution in [0.1, 0.15) is 16.7 Å². The van der Waals surface area contributed by atoms with Crippen molar-refractivity contribution in [1.82, 2.24) is 5.32 Å². The van der Waals surface area contributed by atoms with E-state index >= 15 is 0 Å². The summed E-state index contributed by atoms with van der Waals surface area (Å²) in [6.07, 6.45) is 0. The van der Waals surface area contributed by atoms with Gasteiger partial charge < -0.3 is 11.1 Å². The van der Waals surface area contributed by atoms with Crippen molar-refractivity contribution in [3.8, 4) is 0 Å². The Morgan fingerprint density at radius 1 is 0.889 bits per heavy atom. The number of halogens is 1. The Morgan fingerprint density at radius 2 is 1.56 bits per heavy atom. The second-order valence-electron chi connectivity index (χ2n) is 4.22. The van der Waals surface area contributed by atoms with Crippen molar-refractivity contribution in [3.05, 3.63) is 69.7 Å². The molecule has 0 aliphatic carbocycles. The molecule has 2 aromatic rings. The first-order valence-electron chi connectivity index (χ1n) is 6.01. The lowest BCUT2D eigenvalue weighted by Gasteiger charge is -2.07. The van der Waals surface area contributed by atoms with Gasteiger partial charge in [0.1, 0.15) is 0 Å². The van der Waals surface area contributed by atoms with E-state index in [1.54, 1.807) is 0 Å². The number of nitrogens with one attached hydrogen (secondary N) is 1. The fourth-order valence-corrected chi connectivity index (χ4v) is 2.20. The lowest BCUT2D eigenvalue weighted by molar-refractivity contribution is 0.691. The molecule has 0 saturated heterocycles. The first kappa shape index (κ1) is 13.3. The van der Waals surface area contributed by atoms with Gasteiger partial charge >= 0.3 is 0 Å². The molecule has 0 unspecified atom stereocenters. The Hall–Kier alpha value is -1.16. The van der Waals surface area contributed by atoms with Crippen LogP contribution in [0.2, 0.25) is 0 Å². The van der Waals surface area contributed by atoms with E-state index in [-0.39, 0.29) is 0 Å². The van der Waals surface area contributed by atoms with Gasteiger partial charge in [-0.15, -0.1) is 0 Å². The molecule has 94 valence electrons. The Kier molecular flexibility index (Phi) is 4.93. The van der Waals surface area contributed by atoms with Crippen LogP contribution < -0.4 is 11.1 Å². The summed E-state index contributed by atoms with van der Waals surface area (Å²) in [5.41, 5.74) is 9.29. The monoisotopic (exact) mass is 304 g/mol. The van der Waals surface area contributed by atoms with Crippen molar-refractivity contribution in [3.63, 3.8) is 0 Å². The van der Waals surface area contributed by atoms with Gasteiger partial charge in [0.25, 0.3) is 0 Å². The largest absolute Gasteiger partial charge is 0.326 e. The Morgan fingerprint density at radius 3 is 2.22 bits per heavy atom. The Bertz CT molecular complexity index is 494. The van der Waals surface area contributed by atoms with Crippen molar-refractivity contribution < 1.29 is 0 Å². The third-order valence-corrected chi connectivity index (χ3v) is 3.63. The molecular weight excluding hydrogens is 288 g/mol. The van der Waals surface area contributed by atoms with Crippen LogP contribution in [0.25, 0.3) is 0 Å². The summed E-state index contributed by atoms with van der Waals surface area (Å²) in [7, 11) is 0. The van der Waals surface area contributed by atoms with E-state index in [1.165, 1.54) is 16.7 Å². The molecule has 0 atom stereocenters. The van der Waals surface area contributed by atoms with Crippen LogP contribution in [-0.4, -0.2) is 0 Å². The SMILES string of the molecule is NCc1ccc(CNCc2ccccc2Br)cc1. The van der Waals surface area contributed by atoms with Crippen LogP contribution in [0.4, 0.5) is 0 Å². The fourth-order valence-electron chi connectivity index (χ4n) is 1.78. The standard InChI is InChI=1S/C15H17BrN2/c16-15-4-2-1-3-14(15)11-18-10-13-7-5-12(9-17)6-8-13/h1-8,18H,9-11,17H2. The average molecular weight is 305 g/mol. The maximum Gasteiger partial charge on any atom is 0.0220 e. The molecule has 0 heterocycles. The van der Waals surface area contributed by atoms with Crippen molar-refractivity contribution in [2.24, 2.45) is 5.73 Å². The third kappa shape index (κ3) is 3.67. The molecule has 2 nitrogen and oxygen atoms in total. The normalized spacial score (nSPS) is 10.6. The van der Waals surface area contributed by atoms with Crippen molar-refractivity contribution in [2.45, 2.75) is 19.6 Å². The zero-order chi connectivity index (χ0) is 12.8. The van der Waals surface area contributed by atoms with Crippen molar-refractivity contribution in [2.75, 3.05) is 0 Å². The van der Waals surface area contributed by atoms with Crippen LogP contribution in [0.3, 0.4) is 0 Å². The fraction of sp³-hybridized carbons (Fsp3) is 0.200. The van der Waals surface area contributed by atoms with Gasteiger partial charge in [-0.25, -0.2) is 0 Å². The van der Waals surface area contributed by atoms with E-state index in [1.807, 2.05) is 6.07 Å². The highest BCUT2D eigenvalue weighted by atomic mass is 79.9. The Balaban J connectivity index is 1.86. The summed E-state index contributed by atoms with van der Waals surface area (Å²) in [4.78, 5) is 0. The molecule has 0 aromatic heterocycles. The summed E-state index contributed by atoms with van der Waals surface area (Å²) in [5.74, 6) is 0. The van der Waals surface area contributed by atoms with Gasteiger partial charge in [-0.1, -0.05) is 58.4 Å². The third-order valence-electron chi connectivity index (χ3n) is 2.86. The summed E-state index contributed by atoms with van der Waals surface area (Å²) in [5, 5.41) is 3.44. The lowest BCUT2D eigenvalue weighted by Crippen LogP contribution is -2.13. The number of hydrogen-bond donors (Lipinski definition) is 2. The van der Waals surface area contributed by atoms with E-state index in [4.69, 9.17) is 5.73 Å². The maximum absolute atomic E-state index is 5.57. The van der Waals surface area contributed by atoms with E-state index in [9.17, 15) is 0 Å². The van der Waals surface area contributed by atoms with E-state index < -0.39 is 0 Å². The van der Waals surface area contributed by atoms with Gasteiger partial charge in [0, 0.05) is 24.1 Å². The van der Waals surface area contributed by atoms with E-state index in [0.29, 0.717) is 6.54 Å². The predicted octanol–water partition coefficient (Wildman–Crippen LogP) is 3.20. The minimum absolute atomic E-state index is 0.602. The van der Waals surface area contributed by atoms with Crippen LogP contribution in [0.5, 0.6) is 0 Å². The molecule has 0 fully saturated rings. The highest BCUT2D eigenvalue weighted by Gasteiger charge is 1.98. The molecule has 0 bridgehead atoms. The van der Waals surface area contributed by atoms with Gasteiger partial charge in [0.15, 0.2) is 0 Å². The summed E-state index contributed by atoms with van der Waals surface area (Å²) in [6.45, 7) is 2.33. The summed E-state index contributed by atoms with van der Waals surface area (Å²) in [6, 6.07) is 16.7. The van der Waals surface area contributed by atoms with Crippen LogP contribution >= 0.6 is 15.9 Å². The topological polar surface area (TPSA) is 38.0 Å². The second kappa shape index (κ2) is 6.69. The molecule has 0 saturated carbocycles. The predicted molar refractivity (Wildman–Crippen MR) is 79.0 cm³/mol. The summed E-state index contributed by atoms with van der Waals surface area (Å²) >= 11 is 3.55. The van der Waals surface area contributed by atoms with E-state index in [2.05, 4.69) is 63.7 Å². The van der Waals surface area contributed by atoms with Crippen LogP contribution in [0.15, 0.2) is 53.0 Å². The van der Waals surface area contributed by atoms with Crippen molar-refractivity contribution in [1.29, 1.82) is 0 Å². The molecule has 2 aromatic carbocycles. The van der Waals surface area contributed by atoms with Gasteiger partial charge in [-0.3, -0.25) is 0 Å². The number of nitrogens with two attached hydrogens (primary N) is 1. The number of rotatable bonds is 5. The molecule has 18 heavy (non-hydrogen) atoms. The zero-order valence-corrected chi connectivity index (χ0v) is 11.8. The van der Waals surface area contributed by atoms with E-state index in [0.717, 1.165) is 17.6 Å². The minimum Gasteiger partial charge on any atom is -0.326 e. The average Bonchev–Trinajstić information content (AvgIpc) is 2.42. The number of benzene rings is 2. The molecule has 0 aliphatic heterocycles. The van der Waals surface area contributed by atoms with Crippen LogP contribution in [-0.2, 0) is 19.6 Å². The molecule has 3 N–H and O–H groups in total. The Labute approximate surface area is 116 Å².